The molecule has 0 atom stereocenters. The normalized spacial score (nSPS) is 12.8. The Kier molecular flexibility index (Phi) is 5.19. The number of nitriles is 2. The van der Waals surface area contributed by atoms with E-state index < -0.39 is 0 Å². The standard InChI is InChI=1S/C38H21N3S2/c39-20-22-12-15-33-28(18-22)27-14-17-35-37(38(27)43-33)29-19-23(13-16-34(29)42-35)36-24(21-40)6-5-11-32(36)41-30-9-3-1-7-25(30)26-8-2-4-10-31(26)41/h1,3-7,9-19H,2,8H2. The van der Waals surface area contributed by atoms with Gasteiger partial charge in [-0.25, -0.2) is 0 Å². The summed E-state index contributed by atoms with van der Waals surface area (Å²) in [6.07, 6.45) is 6.55. The predicted octanol–water partition coefficient (Wildman–Crippen LogP) is 10.7. The van der Waals surface area contributed by atoms with Crippen molar-refractivity contribution in [3.63, 3.8) is 0 Å². The van der Waals surface area contributed by atoms with Crippen LogP contribution in [0, 0.1) is 22.7 Å². The van der Waals surface area contributed by atoms with E-state index in [-0.39, 0.29) is 0 Å². The van der Waals surface area contributed by atoms with Crippen molar-refractivity contribution in [1.82, 2.24) is 4.57 Å². The molecule has 43 heavy (non-hydrogen) atoms. The minimum atomic E-state index is 0.666. The van der Waals surface area contributed by atoms with Crippen molar-refractivity contribution in [2.75, 3.05) is 0 Å². The molecule has 3 aromatic heterocycles. The monoisotopic (exact) mass is 583 g/mol. The fourth-order valence-corrected chi connectivity index (χ4v) is 9.29. The van der Waals surface area contributed by atoms with Gasteiger partial charge in [-0.15, -0.1) is 22.7 Å². The molecule has 0 fully saturated rings. The maximum Gasteiger partial charge on any atom is 0.0998 e. The van der Waals surface area contributed by atoms with Crippen LogP contribution in [0.25, 0.3) is 74.1 Å². The van der Waals surface area contributed by atoms with Gasteiger partial charge in [0.2, 0.25) is 0 Å². The van der Waals surface area contributed by atoms with Crippen molar-refractivity contribution in [2.24, 2.45) is 0 Å². The van der Waals surface area contributed by atoms with Gasteiger partial charge in [-0.1, -0.05) is 42.5 Å². The summed E-state index contributed by atoms with van der Waals surface area (Å²) >= 11 is 3.60. The number of para-hydroxylation sites is 1. The second-order valence-electron chi connectivity index (χ2n) is 11.0. The Morgan fingerprint density at radius 3 is 2.47 bits per heavy atom. The van der Waals surface area contributed by atoms with E-state index in [0.29, 0.717) is 11.1 Å². The molecule has 1 aliphatic carbocycles. The Bertz CT molecular complexity index is 2590. The zero-order valence-corrected chi connectivity index (χ0v) is 24.5. The minimum Gasteiger partial charge on any atom is -0.309 e. The maximum absolute atomic E-state index is 10.4. The molecule has 3 nitrogen and oxygen atoms in total. The van der Waals surface area contributed by atoms with Crippen molar-refractivity contribution in [3.8, 4) is 29.0 Å². The molecule has 0 aliphatic heterocycles. The number of hydrogen-bond donors (Lipinski definition) is 0. The molecule has 0 saturated heterocycles. The van der Waals surface area contributed by atoms with Crippen LogP contribution in [0.2, 0.25) is 0 Å². The Morgan fingerprint density at radius 1 is 0.698 bits per heavy atom. The summed E-state index contributed by atoms with van der Waals surface area (Å²) in [6.45, 7) is 0. The summed E-state index contributed by atoms with van der Waals surface area (Å²) in [5, 5.41) is 25.9. The SMILES string of the molecule is N#Cc1ccc2sc3c(ccc4sc5ccc(-c6c(C#N)cccc6-n6c7c(c8ccccc86)CCC=C7)cc5c43)c2c1. The maximum atomic E-state index is 10.4. The molecule has 8 aromatic rings. The second kappa shape index (κ2) is 9.15. The zero-order chi connectivity index (χ0) is 28.7. The number of fused-ring (bicyclic) bond motifs is 10. The van der Waals surface area contributed by atoms with E-state index in [1.165, 1.54) is 57.1 Å². The van der Waals surface area contributed by atoms with Crippen LogP contribution < -0.4 is 0 Å². The van der Waals surface area contributed by atoms with Gasteiger partial charge in [0.25, 0.3) is 0 Å². The first-order valence-electron chi connectivity index (χ1n) is 14.3. The molecular formula is C38H21N3S2. The summed E-state index contributed by atoms with van der Waals surface area (Å²) in [5.41, 5.74) is 8.11. The lowest BCUT2D eigenvalue weighted by molar-refractivity contribution is 0.968. The van der Waals surface area contributed by atoms with Crippen molar-refractivity contribution >= 4 is 80.0 Å². The summed E-state index contributed by atoms with van der Waals surface area (Å²) in [6, 6.07) is 36.6. The number of allylic oxidation sites excluding steroid dienone is 1. The molecule has 1 aliphatic rings. The molecule has 0 saturated carbocycles. The summed E-state index contributed by atoms with van der Waals surface area (Å²) in [7, 11) is 0. The largest absolute Gasteiger partial charge is 0.309 e. The summed E-state index contributed by atoms with van der Waals surface area (Å²) < 4.78 is 7.26. The summed E-state index contributed by atoms with van der Waals surface area (Å²) in [4.78, 5) is 0. The van der Waals surface area contributed by atoms with Gasteiger partial charge in [0.05, 0.1) is 34.5 Å². The van der Waals surface area contributed by atoms with E-state index in [0.717, 1.165) is 35.0 Å². The molecule has 0 spiro atoms. The third-order valence-electron chi connectivity index (χ3n) is 8.75. The van der Waals surface area contributed by atoms with Gasteiger partial charge in [0.1, 0.15) is 0 Å². The van der Waals surface area contributed by atoms with E-state index >= 15 is 0 Å². The first-order valence-corrected chi connectivity index (χ1v) is 15.9. The van der Waals surface area contributed by atoms with Crippen LogP contribution in [0.1, 0.15) is 28.8 Å². The highest BCUT2D eigenvalue weighted by Crippen LogP contribution is 2.46. The molecule has 0 bridgehead atoms. The Morgan fingerprint density at radius 2 is 1.56 bits per heavy atom. The smallest absolute Gasteiger partial charge is 0.0998 e. The number of benzene rings is 5. The van der Waals surface area contributed by atoms with Crippen LogP contribution in [0.15, 0.2) is 97.1 Å². The lowest BCUT2D eigenvalue weighted by Crippen LogP contribution is -2.03. The highest BCUT2D eigenvalue weighted by molar-refractivity contribution is 7.29. The molecule has 3 heterocycles. The predicted molar refractivity (Wildman–Crippen MR) is 181 cm³/mol. The van der Waals surface area contributed by atoms with E-state index in [1.807, 2.05) is 24.3 Å². The van der Waals surface area contributed by atoms with Gasteiger partial charge in [-0.2, -0.15) is 10.5 Å². The van der Waals surface area contributed by atoms with Gasteiger partial charge < -0.3 is 4.57 Å². The van der Waals surface area contributed by atoms with Crippen LogP contribution in [-0.2, 0) is 6.42 Å². The van der Waals surface area contributed by atoms with Crippen molar-refractivity contribution < 1.29 is 0 Å². The van der Waals surface area contributed by atoms with Gasteiger partial charge in [0.15, 0.2) is 0 Å². The molecule has 5 aromatic carbocycles. The van der Waals surface area contributed by atoms with Crippen molar-refractivity contribution in [2.45, 2.75) is 12.8 Å². The Hall–Kier alpha value is -5.20. The summed E-state index contributed by atoms with van der Waals surface area (Å²) in [5.74, 6) is 0. The highest BCUT2D eigenvalue weighted by Gasteiger charge is 2.22. The lowest BCUT2D eigenvalue weighted by atomic mass is 9.96. The average molecular weight is 584 g/mol. The van der Waals surface area contributed by atoms with Crippen molar-refractivity contribution in [3.05, 3.63) is 119 Å². The van der Waals surface area contributed by atoms with Crippen LogP contribution in [-0.4, -0.2) is 4.57 Å². The van der Waals surface area contributed by atoms with Gasteiger partial charge >= 0.3 is 0 Å². The molecule has 9 rings (SSSR count). The van der Waals surface area contributed by atoms with E-state index in [9.17, 15) is 10.5 Å². The molecule has 5 heteroatoms. The number of aromatic nitrogens is 1. The van der Waals surface area contributed by atoms with E-state index in [2.05, 4.69) is 95.6 Å². The van der Waals surface area contributed by atoms with Crippen LogP contribution in [0.5, 0.6) is 0 Å². The fraction of sp³-hybridized carbons (Fsp3) is 0.0526. The molecular weight excluding hydrogens is 563 g/mol. The van der Waals surface area contributed by atoms with Crippen molar-refractivity contribution in [1.29, 1.82) is 10.5 Å². The lowest BCUT2D eigenvalue weighted by Gasteiger charge is -2.17. The second-order valence-corrected chi connectivity index (χ2v) is 13.2. The van der Waals surface area contributed by atoms with Gasteiger partial charge in [-0.3, -0.25) is 0 Å². The Labute approximate surface area is 255 Å². The molecule has 200 valence electrons. The number of hydrogen-bond acceptors (Lipinski definition) is 4. The fourth-order valence-electron chi connectivity index (χ4n) is 6.89. The molecule has 0 radical (unpaired) electrons. The first kappa shape index (κ1) is 24.4. The topological polar surface area (TPSA) is 52.5 Å². The number of nitrogens with zero attached hydrogens (tertiary/aromatic N) is 3. The minimum absolute atomic E-state index is 0.666. The molecule has 0 amide bonds. The van der Waals surface area contributed by atoms with E-state index in [1.54, 1.807) is 22.7 Å². The van der Waals surface area contributed by atoms with E-state index in [4.69, 9.17) is 0 Å². The van der Waals surface area contributed by atoms with Crippen LogP contribution in [0.4, 0.5) is 0 Å². The zero-order valence-electron chi connectivity index (χ0n) is 22.9. The third-order valence-corrected chi connectivity index (χ3v) is 11.1. The first-order chi connectivity index (χ1) is 21.2. The number of thiophene rings is 2. The van der Waals surface area contributed by atoms with Gasteiger partial charge in [-0.05, 0) is 84.6 Å². The van der Waals surface area contributed by atoms with Crippen LogP contribution >= 0.6 is 22.7 Å². The quantitative estimate of drug-likeness (QED) is 0.203. The number of aryl methyl sites for hydroxylation is 1. The van der Waals surface area contributed by atoms with Crippen LogP contribution in [0.3, 0.4) is 0 Å². The number of rotatable bonds is 2. The highest BCUT2D eigenvalue weighted by atomic mass is 32.1. The Balaban J connectivity index is 1.35. The third kappa shape index (κ3) is 3.44. The molecule has 0 N–H and O–H groups in total. The van der Waals surface area contributed by atoms with Gasteiger partial charge in [0, 0.05) is 57.0 Å². The molecule has 0 unspecified atom stereocenters. The average Bonchev–Trinajstić information content (AvgIpc) is 3.73.